The Balaban J connectivity index is 0. The molecule has 0 saturated carbocycles. The fourth-order valence-electron chi connectivity index (χ4n) is 0.241. The van der Waals surface area contributed by atoms with Crippen LogP contribution in [0.5, 0.6) is 0 Å². The van der Waals surface area contributed by atoms with E-state index in [-0.39, 0.29) is 11.6 Å². The van der Waals surface area contributed by atoms with Crippen LogP contribution in [0.3, 0.4) is 0 Å². The first-order valence-electron chi connectivity index (χ1n) is 2.15. The summed E-state index contributed by atoms with van der Waals surface area (Å²) in [6.45, 7) is 2.31. The van der Waals surface area contributed by atoms with Crippen molar-refractivity contribution in [3.8, 4) is 0 Å². The number of aliphatic hydroxyl groups is 1. The second-order valence-electron chi connectivity index (χ2n) is 1.43. The Bertz CT molecular complexity index is 30.9. The number of nitrogens with two attached hydrogens (primary N) is 1. The molecule has 0 aliphatic rings. The van der Waals surface area contributed by atoms with Crippen molar-refractivity contribution >= 4 is 0 Å². The zero-order valence-corrected chi connectivity index (χ0v) is 4.52. The van der Waals surface area contributed by atoms with Gasteiger partial charge in [-0.05, 0) is 19.9 Å². The SMILES string of the molecule is CC(O)CCN.O. The molecule has 0 fully saturated rings. The van der Waals surface area contributed by atoms with Gasteiger partial charge < -0.3 is 16.3 Å². The van der Waals surface area contributed by atoms with Crippen LogP contribution in [0.4, 0.5) is 0 Å². The Labute approximate surface area is 43.4 Å². The van der Waals surface area contributed by atoms with Crippen LogP contribution >= 0.6 is 0 Å². The summed E-state index contributed by atoms with van der Waals surface area (Å²) in [5, 5.41) is 8.47. The van der Waals surface area contributed by atoms with Gasteiger partial charge in [-0.1, -0.05) is 0 Å². The summed E-state index contributed by atoms with van der Waals surface area (Å²) in [5.41, 5.74) is 5.07. The van der Waals surface area contributed by atoms with Crippen LogP contribution in [0.25, 0.3) is 0 Å². The molecule has 3 nitrogen and oxygen atoms in total. The summed E-state index contributed by atoms with van der Waals surface area (Å²) in [4.78, 5) is 0. The lowest BCUT2D eigenvalue weighted by atomic mass is 10.3. The van der Waals surface area contributed by atoms with E-state index in [4.69, 9.17) is 10.8 Å². The molecule has 1 atom stereocenters. The molecule has 0 bridgehead atoms. The lowest BCUT2D eigenvalue weighted by Gasteiger charge is -1.95. The lowest BCUT2D eigenvalue weighted by molar-refractivity contribution is 0.187. The molecule has 0 aromatic carbocycles. The second kappa shape index (κ2) is 5.88. The van der Waals surface area contributed by atoms with Gasteiger partial charge in [-0.15, -0.1) is 0 Å². The van der Waals surface area contributed by atoms with Crippen molar-refractivity contribution in [3.05, 3.63) is 0 Å². The Morgan fingerprint density at radius 3 is 2.14 bits per heavy atom. The summed E-state index contributed by atoms with van der Waals surface area (Å²) in [5.74, 6) is 0. The van der Waals surface area contributed by atoms with Crippen molar-refractivity contribution in [1.82, 2.24) is 0 Å². The summed E-state index contributed by atoms with van der Waals surface area (Å²) >= 11 is 0. The van der Waals surface area contributed by atoms with Crippen LogP contribution in [-0.4, -0.2) is 23.2 Å². The van der Waals surface area contributed by atoms with Crippen LogP contribution < -0.4 is 5.73 Å². The molecule has 1 unspecified atom stereocenters. The predicted molar refractivity (Wildman–Crippen MR) is 29.0 cm³/mol. The van der Waals surface area contributed by atoms with Crippen molar-refractivity contribution in [2.24, 2.45) is 5.73 Å². The number of rotatable bonds is 2. The minimum absolute atomic E-state index is 0. The van der Waals surface area contributed by atoms with Crippen LogP contribution in [0, 0.1) is 0 Å². The highest BCUT2D eigenvalue weighted by molar-refractivity contribution is 4.43. The summed E-state index contributed by atoms with van der Waals surface area (Å²) in [7, 11) is 0. The Morgan fingerprint density at radius 1 is 1.71 bits per heavy atom. The molecule has 0 spiro atoms. The molecule has 0 aliphatic carbocycles. The van der Waals surface area contributed by atoms with Crippen molar-refractivity contribution in [2.45, 2.75) is 19.4 Å². The van der Waals surface area contributed by atoms with Crippen molar-refractivity contribution < 1.29 is 10.6 Å². The smallest absolute Gasteiger partial charge is 0.0524 e. The van der Waals surface area contributed by atoms with Crippen LogP contribution in [0.1, 0.15) is 13.3 Å². The van der Waals surface area contributed by atoms with E-state index in [1.54, 1.807) is 6.92 Å². The highest BCUT2D eigenvalue weighted by Gasteiger charge is 1.87. The van der Waals surface area contributed by atoms with E-state index < -0.39 is 0 Å². The molecule has 0 radical (unpaired) electrons. The van der Waals surface area contributed by atoms with Gasteiger partial charge in [0.25, 0.3) is 0 Å². The fraction of sp³-hybridized carbons (Fsp3) is 1.00. The molecule has 0 rings (SSSR count). The molecule has 5 N–H and O–H groups in total. The van der Waals surface area contributed by atoms with Gasteiger partial charge in [-0.3, -0.25) is 0 Å². The third-order valence-corrected chi connectivity index (χ3v) is 0.584. The maximum Gasteiger partial charge on any atom is 0.0524 e. The van der Waals surface area contributed by atoms with Gasteiger partial charge in [0.2, 0.25) is 0 Å². The molecule has 0 aromatic rings. The average Bonchev–Trinajstić information content (AvgIpc) is 1.35. The van der Waals surface area contributed by atoms with E-state index in [2.05, 4.69) is 0 Å². The molecule has 0 saturated heterocycles. The molecule has 0 aromatic heterocycles. The molecule has 7 heavy (non-hydrogen) atoms. The van der Waals surface area contributed by atoms with Gasteiger partial charge in [0, 0.05) is 0 Å². The van der Waals surface area contributed by atoms with E-state index in [0.29, 0.717) is 13.0 Å². The maximum absolute atomic E-state index is 8.47. The molecule has 0 amide bonds. The largest absolute Gasteiger partial charge is 0.412 e. The third-order valence-electron chi connectivity index (χ3n) is 0.584. The monoisotopic (exact) mass is 107 g/mol. The quantitative estimate of drug-likeness (QED) is 0.469. The Morgan fingerprint density at radius 2 is 2.14 bits per heavy atom. The second-order valence-corrected chi connectivity index (χ2v) is 1.43. The third kappa shape index (κ3) is 10.7. The van der Waals surface area contributed by atoms with Crippen LogP contribution in [-0.2, 0) is 0 Å². The van der Waals surface area contributed by atoms with Crippen molar-refractivity contribution in [1.29, 1.82) is 0 Å². The summed E-state index contributed by atoms with van der Waals surface area (Å²) < 4.78 is 0. The zero-order chi connectivity index (χ0) is 4.99. The number of hydrogen-bond acceptors (Lipinski definition) is 2. The van der Waals surface area contributed by atoms with Crippen molar-refractivity contribution in [3.63, 3.8) is 0 Å². The highest BCUT2D eigenvalue weighted by Crippen LogP contribution is 1.81. The summed E-state index contributed by atoms with van der Waals surface area (Å²) in [6, 6.07) is 0. The summed E-state index contributed by atoms with van der Waals surface area (Å²) in [6.07, 6.45) is 0.481. The highest BCUT2D eigenvalue weighted by atomic mass is 16.3. The minimum Gasteiger partial charge on any atom is -0.412 e. The molecular formula is C4H13NO2. The van der Waals surface area contributed by atoms with Crippen molar-refractivity contribution in [2.75, 3.05) is 6.54 Å². The minimum atomic E-state index is -0.227. The maximum atomic E-state index is 8.47. The molecule has 0 aliphatic heterocycles. The number of hydrogen-bond donors (Lipinski definition) is 2. The van der Waals surface area contributed by atoms with Gasteiger partial charge in [-0.2, -0.15) is 0 Å². The lowest BCUT2D eigenvalue weighted by Crippen LogP contribution is -2.08. The first-order valence-corrected chi connectivity index (χ1v) is 2.15. The zero-order valence-electron chi connectivity index (χ0n) is 4.52. The van der Waals surface area contributed by atoms with Gasteiger partial charge >= 0.3 is 0 Å². The number of aliphatic hydroxyl groups excluding tert-OH is 1. The Hall–Kier alpha value is -0.120. The molecule has 3 heteroatoms. The van der Waals surface area contributed by atoms with E-state index in [1.165, 1.54) is 0 Å². The Kier molecular flexibility index (Phi) is 8.39. The van der Waals surface area contributed by atoms with E-state index in [0.717, 1.165) is 0 Å². The van der Waals surface area contributed by atoms with Crippen LogP contribution in [0.2, 0.25) is 0 Å². The van der Waals surface area contributed by atoms with Gasteiger partial charge in [0.1, 0.15) is 0 Å². The van der Waals surface area contributed by atoms with E-state index >= 15 is 0 Å². The first kappa shape index (κ1) is 9.99. The topological polar surface area (TPSA) is 77.8 Å². The van der Waals surface area contributed by atoms with Gasteiger partial charge in [-0.25, -0.2) is 0 Å². The fourth-order valence-corrected chi connectivity index (χ4v) is 0.241. The first-order chi connectivity index (χ1) is 2.77. The average molecular weight is 107 g/mol. The van der Waals surface area contributed by atoms with Crippen LogP contribution in [0.15, 0.2) is 0 Å². The molecule has 0 heterocycles. The normalized spacial score (nSPS) is 12.4. The van der Waals surface area contributed by atoms with Gasteiger partial charge in [0.05, 0.1) is 6.10 Å². The van der Waals surface area contributed by atoms with E-state index in [9.17, 15) is 0 Å². The standard InChI is InChI=1S/C4H11NO.H2O/c1-4(6)2-3-5;/h4,6H,2-3,5H2,1H3;1H2. The molecular weight excluding hydrogens is 94.0 g/mol. The van der Waals surface area contributed by atoms with Gasteiger partial charge in [0.15, 0.2) is 0 Å². The van der Waals surface area contributed by atoms with E-state index in [1.807, 2.05) is 0 Å². The predicted octanol–water partition coefficient (Wildman–Crippen LogP) is -1.11. The molecule has 46 valence electrons.